The van der Waals surface area contributed by atoms with Gasteiger partial charge in [0.25, 0.3) is 5.91 Å². The van der Waals surface area contributed by atoms with Crippen LogP contribution in [-0.2, 0) is 0 Å². The molecule has 0 radical (unpaired) electrons. The van der Waals surface area contributed by atoms with Gasteiger partial charge < -0.3 is 20.7 Å². The van der Waals surface area contributed by atoms with Crippen LogP contribution in [0.3, 0.4) is 0 Å². The van der Waals surface area contributed by atoms with Gasteiger partial charge in [0.1, 0.15) is 5.75 Å². The Labute approximate surface area is 164 Å². The Morgan fingerprint density at radius 1 is 1.23 bits per heavy atom. The second-order valence-electron chi connectivity index (χ2n) is 7.63. The van der Waals surface area contributed by atoms with Gasteiger partial charge in [-0.25, -0.2) is 0 Å². The molecule has 1 amide bonds. The van der Waals surface area contributed by atoms with Crippen LogP contribution in [0.25, 0.3) is 0 Å². The van der Waals surface area contributed by atoms with E-state index in [2.05, 4.69) is 26.1 Å². The molecule has 5 nitrogen and oxygen atoms in total. The zero-order chi connectivity index (χ0) is 18.5. The fourth-order valence-electron chi connectivity index (χ4n) is 4.17. The highest BCUT2D eigenvalue weighted by atomic mass is 79.9. The third-order valence-corrected chi connectivity index (χ3v) is 6.41. The van der Waals surface area contributed by atoms with E-state index in [9.17, 15) is 4.79 Å². The summed E-state index contributed by atoms with van der Waals surface area (Å²) in [5.74, 6) is 1.30. The van der Waals surface area contributed by atoms with Gasteiger partial charge in [0.2, 0.25) is 0 Å². The number of likely N-dealkylation sites (tertiary alicyclic amines) is 1. The zero-order valence-electron chi connectivity index (χ0n) is 15.6. The number of nitrogens with one attached hydrogen (secondary N) is 1. The van der Waals surface area contributed by atoms with Crippen LogP contribution in [0.2, 0.25) is 0 Å². The highest BCUT2D eigenvalue weighted by Crippen LogP contribution is 2.29. The van der Waals surface area contributed by atoms with E-state index in [0.29, 0.717) is 21.5 Å². The fraction of sp³-hybridized carbons (Fsp3) is 0.650. The molecule has 2 fully saturated rings. The molecule has 1 heterocycles. The maximum Gasteiger partial charge on any atom is 0.255 e. The number of nitrogen functional groups attached to an aromatic ring is 1. The van der Waals surface area contributed by atoms with E-state index in [-0.39, 0.29) is 11.9 Å². The lowest BCUT2D eigenvalue weighted by Crippen LogP contribution is -2.46. The third-order valence-electron chi connectivity index (χ3n) is 5.73. The number of nitrogens with two attached hydrogens (primary N) is 1. The summed E-state index contributed by atoms with van der Waals surface area (Å²) < 4.78 is 6.04. The molecule has 0 atom stereocenters. The number of carbonyl (C=O) groups excluding carboxylic acids is 1. The van der Waals surface area contributed by atoms with E-state index in [1.807, 2.05) is 0 Å². The Morgan fingerprint density at radius 2 is 1.92 bits per heavy atom. The zero-order valence-corrected chi connectivity index (χ0v) is 17.2. The molecular formula is C20H30BrN3O2. The Bertz CT molecular complexity index is 624. The topological polar surface area (TPSA) is 67.6 Å². The van der Waals surface area contributed by atoms with Crippen LogP contribution in [-0.4, -0.2) is 43.6 Å². The minimum atomic E-state index is -0.0896. The van der Waals surface area contributed by atoms with E-state index in [4.69, 9.17) is 10.5 Å². The molecule has 0 bridgehead atoms. The first-order chi connectivity index (χ1) is 12.6. The summed E-state index contributed by atoms with van der Waals surface area (Å²) >= 11 is 3.39. The Hall–Kier alpha value is -1.27. The first-order valence-electron chi connectivity index (χ1n) is 9.73. The number of benzene rings is 1. The number of amides is 1. The minimum absolute atomic E-state index is 0.0896. The summed E-state index contributed by atoms with van der Waals surface area (Å²) in [6, 6.07) is 3.65. The van der Waals surface area contributed by atoms with Gasteiger partial charge >= 0.3 is 0 Å². The summed E-state index contributed by atoms with van der Waals surface area (Å²) in [6.45, 7) is 3.38. The Kier molecular flexibility index (Phi) is 6.81. The van der Waals surface area contributed by atoms with Crippen molar-refractivity contribution in [2.45, 2.75) is 51.0 Å². The number of hydrogen-bond donors (Lipinski definition) is 2. The Balaban J connectivity index is 1.51. The number of piperidine rings is 1. The normalized spacial score (nSPS) is 20.1. The van der Waals surface area contributed by atoms with Crippen molar-refractivity contribution in [1.82, 2.24) is 10.2 Å². The quantitative estimate of drug-likeness (QED) is 0.706. The number of hydrogen-bond acceptors (Lipinski definition) is 4. The van der Waals surface area contributed by atoms with Crippen LogP contribution < -0.4 is 15.8 Å². The first-order valence-corrected chi connectivity index (χ1v) is 10.5. The maximum absolute atomic E-state index is 12.7. The van der Waals surface area contributed by atoms with Crippen LogP contribution in [0.5, 0.6) is 5.75 Å². The van der Waals surface area contributed by atoms with E-state index in [1.165, 1.54) is 38.6 Å². The van der Waals surface area contributed by atoms with Crippen molar-refractivity contribution < 1.29 is 9.53 Å². The largest absolute Gasteiger partial charge is 0.496 e. The number of carbonyl (C=O) groups is 1. The number of halogens is 1. The molecule has 3 N–H and O–H groups in total. The molecule has 2 aliphatic rings. The van der Waals surface area contributed by atoms with E-state index in [1.54, 1.807) is 19.2 Å². The van der Waals surface area contributed by atoms with Gasteiger partial charge in [0.05, 0.1) is 12.7 Å². The standard InChI is InChI=1S/C20H30BrN3O2/c1-26-19-12-18(22)17(21)11-16(19)20(25)23-15-7-9-24(10-8-15)13-14-5-3-2-4-6-14/h11-12,14-15H,2-10,13,22H2,1H3,(H,23,25). The summed E-state index contributed by atoms with van der Waals surface area (Å²) in [7, 11) is 1.56. The molecule has 1 saturated carbocycles. The van der Waals surface area contributed by atoms with Crippen molar-refractivity contribution in [2.75, 3.05) is 32.5 Å². The van der Waals surface area contributed by atoms with Crippen LogP contribution in [0.15, 0.2) is 16.6 Å². The second-order valence-corrected chi connectivity index (χ2v) is 8.48. The van der Waals surface area contributed by atoms with Gasteiger partial charge in [0.15, 0.2) is 0 Å². The lowest BCUT2D eigenvalue weighted by molar-refractivity contribution is 0.0898. The van der Waals surface area contributed by atoms with Crippen molar-refractivity contribution in [3.05, 3.63) is 22.2 Å². The summed E-state index contributed by atoms with van der Waals surface area (Å²) in [4.78, 5) is 15.3. The average Bonchev–Trinajstić information content (AvgIpc) is 2.66. The third kappa shape index (κ3) is 4.92. The number of methoxy groups -OCH3 is 1. The molecule has 3 rings (SSSR count). The van der Waals surface area contributed by atoms with Gasteiger partial charge in [-0.3, -0.25) is 4.79 Å². The second kappa shape index (κ2) is 9.09. The van der Waals surface area contributed by atoms with Gasteiger partial charge in [-0.2, -0.15) is 0 Å². The molecule has 26 heavy (non-hydrogen) atoms. The molecule has 6 heteroatoms. The van der Waals surface area contributed by atoms with Crippen LogP contribution in [0, 0.1) is 5.92 Å². The van der Waals surface area contributed by atoms with Crippen molar-refractivity contribution in [2.24, 2.45) is 5.92 Å². The number of ether oxygens (including phenoxy) is 1. The maximum atomic E-state index is 12.7. The molecule has 1 aromatic carbocycles. The molecule has 1 aromatic rings. The van der Waals surface area contributed by atoms with Crippen molar-refractivity contribution in [3.63, 3.8) is 0 Å². The number of anilines is 1. The average molecular weight is 424 g/mol. The monoisotopic (exact) mass is 423 g/mol. The molecule has 0 unspecified atom stereocenters. The Morgan fingerprint density at radius 3 is 2.58 bits per heavy atom. The first kappa shape index (κ1) is 19.5. The fourth-order valence-corrected chi connectivity index (χ4v) is 4.52. The van der Waals surface area contributed by atoms with E-state index >= 15 is 0 Å². The van der Waals surface area contributed by atoms with Gasteiger partial charge in [-0.1, -0.05) is 19.3 Å². The molecule has 1 aliphatic carbocycles. The van der Waals surface area contributed by atoms with E-state index < -0.39 is 0 Å². The van der Waals surface area contributed by atoms with Crippen molar-refractivity contribution in [3.8, 4) is 5.75 Å². The van der Waals surface area contributed by atoms with Gasteiger partial charge in [0, 0.05) is 41.9 Å². The molecule has 0 aromatic heterocycles. The van der Waals surface area contributed by atoms with Crippen molar-refractivity contribution in [1.29, 1.82) is 0 Å². The van der Waals surface area contributed by atoms with Crippen LogP contribution >= 0.6 is 15.9 Å². The van der Waals surface area contributed by atoms with Gasteiger partial charge in [-0.15, -0.1) is 0 Å². The lowest BCUT2D eigenvalue weighted by Gasteiger charge is -2.35. The molecule has 0 spiro atoms. The molecule has 1 aliphatic heterocycles. The lowest BCUT2D eigenvalue weighted by atomic mass is 9.88. The summed E-state index contributed by atoms with van der Waals surface area (Å²) in [5, 5.41) is 3.17. The van der Waals surface area contributed by atoms with Crippen molar-refractivity contribution >= 4 is 27.5 Å². The summed E-state index contributed by atoms with van der Waals surface area (Å²) in [5.41, 5.74) is 6.97. The van der Waals surface area contributed by atoms with Crippen LogP contribution in [0.1, 0.15) is 55.3 Å². The molecule has 144 valence electrons. The van der Waals surface area contributed by atoms with E-state index in [0.717, 1.165) is 31.8 Å². The molecule has 1 saturated heterocycles. The highest BCUT2D eigenvalue weighted by Gasteiger charge is 2.25. The molecular weight excluding hydrogens is 394 g/mol. The smallest absolute Gasteiger partial charge is 0.255 e. The number of rotatable bonds is 5. The minimum Gasteiger partial charge on any atom is -0.496 e. The van der Waals surface area contributed by atoms with Gasteiger partial charge in [-0.05, 0) is 53.6 Å². The predicted octanol–water partition coefficient (Wildman–Crippen LogP) is 3.81. The number of nitrogens with zero attached hydrogens (tertiary/aromatic N) is 1. The SMILES string of the molecule is COc1cc(N)c(Br)cc1C(=O)NC1CCN(CC2CCCCC2)CC1. The predicted molar refractivity (Wildman–Crippen MR) is 109 cm³/mol. The summed E-state index contributed by atoms with van der Waals surface area (Å²) in [6.07, 6.45) is 9.01. The van der Waals surface area contributed by atoms with Crippen LogP contribution in [0.4, 0.5) is 5.69 Å². The highest BCUT2D eigenvalue weighted by molar-refractivity contribution is 9.10.